The largest absolute Gasteiger partial charge is 0.372 e. The van der Waals surface area contributed by atoms with Gasteiger partial charge in [-0.25, -0.2) is 12.8 Å². The lowest BCUT2D eigenvalue weighted by Crippen LogP contribution is -2.37. The molecule has 0 aliphatic heterocycles. The molecule has 0 spiro atoms. The van der Waals surface area contributed by atoms with Gasteiger partial charge in [-0.3, -0.25) is 0 Å². The van der Waals surface area contributed by atoms with E-state index in [2.05, 4.69) is 5.32 Å². The van der Waals surface area contributed by atoms with Gasteiger partial charge in [0.1, 0.15) is 12.0 Å². The second kappa shape index (κ2) is 4.99. The molecule has 0 saturated carbocycles. The number of hydrogen-bond donors (Lipinski definition) is 3. The van der Waals surface area contributed by atoms with Gasteiger partial charge in [0.2, 0.25) is 0 Å². The Labute approximate surface area is 99.4 Å². The normalized spacial score (nSPS) is 15.4. The van der Waals surface area contributed by atoms with Crippen molar-refractivity contribution in [3.05, 3.63) is 24.0 Å². The Kier molecular flexibility index (Phi) is 4.07. The van der Waals surface area contributed by atoms with Crippen LogP contribution < -0.4 is 11.1 Å². The molecule has 5 nitrogen and oxygen atoms in total. The monoisotopic (exact) mass is 262 g/mol. The fourth-order valence-electron chi connectivity index (χ4n) is 1.21. The number of nitrogens with two attached hydrogens (primary N) is 1. The van der Waals surface area contributed by atoms with E-state index >= 15 is 0 Å². The van der Waals surface area contributed by atoms with Crippen molar-refractivity contribution in [1.82, 2.24) is 0 Å². The molecule has 1 rings (SSSR count). The number of hydrogen-bond acceptors (Lipinski definition) is 5. The molecule has 0 fully saturated rings. The summed E-state index contributed by atoms with van der Waals surface area (Å²) in [6, 6.07) is 2.65. The van der Waals surface area contributed by atoms with Gasteiger partial charge in [-0.2, -0.15) is 0 Å². The molecule has 4 N–H and O–H groups in total. The molecule has 0 aromatic heterocycles. The molecular formula is C10H15FN2O3S. The SMILES string of the molecule is CC(N)C(O)Nc1ccc(F)cc1S(C)(=O)=O. The molecule has 17 heavy (non-hydrogen) atoms. The maximum absolute atomic E-state index is 13.0. The van der Waals surface area contributed by atoms with Gasteiger partial charge in [0.05, 0.1) is 10.6 Å². The lowest BCUT2D eigenvalue weighted by atomic mass is 10.2. The summed E-state index contributed by atoms with van der Waals surface area (Å²) in [7, 11) is -3.58. The fraction of sp³-hybridized carbons (Fsp3) is 0.400. The predicted octanol–water partition coefficient (Wildman–Crippen LogP) is 0.307. The van der Waals surface area contributed by atoms with Gasteiger partial charge in [-0.1, -0.05) is 0 Å². The summed E-state index contributed by atoms with van der Waals surface area (Å²) in [5.41, 5.74) is 5.56. The van der Waals surface area contributed by atoms with Crippen LogP contribution in [0, 0.1) is 5.82 Å². The van der Waals surface area contributed by atoms with E-state index < -0.39 is 27.9 Å². The minimum atomic E-state index is -3.58. The molecule has 1 aromatic rings. The van der Waals surface area contributed by atoms with Crippen molar-refractivity contribution in [3.63, 3.8) is 0 Å². The van der Waals surface area contributed by atoms with Crippen molar-refractivity contribution in [2.24, 2.45) is 5.73 Å². The molecule has 96 valence electrons. The molecule has 0 bridgehead atoms. The Morgan fingerprint density at radius 1 is 1.47 bits per heavy atom. The summed E-state index contributed by atoms with van der Waals surface area (Å²) in [5.74, 6) is -0.661. The Bertz CT molecular complexity index is 502. The number of aliphatic hydroxyl groups excluding tert-OH is 1. The van der Waals surface area contributed by atoms with Gasteiger partial charge in [-0.05, 0) is 25.1 Å². The molecular weight excluding hydrogens is 247 g/mol. The van der Waals surface area contributed by atoms with Gasteiger partial charge < -0.3 is 16.2 Å². The van der Waals surface area contributed by atoms with Crippen molar-refractivity contribution in [2.75, 3.05) is 11.6 Å². The van der Waals surface area contributed by atoms with E-state index in [-0.39, 0.29) is 10.6 Å². The van der Waals surface area contributed by atoms with Crippen LogP contribution in [0.2, 0.25) is 0 Å². The summed E-state index contributed by atoms with van der Waals surface area (Å²) in [5, 5.41) is 12.0. The summed E-state index contributed by atoms with van der Waals surface area (Å²) in [6.45, 7) is 1.56. The second-order valence-electron chi connectivity index (χ2n) is 3.86. The van der Waals surface area contributed by atoms with E-state index in [1.807, 2.05) is 0 Å². The first-order valence-corrected chi connectivity index (χ1v) is 6.81. The van der Waals surface area contributed by atoms with Crippen LogP contribution in [0.4, 0.5) is 10.1 Å². The van der Waals surface area contributed by atoms with Crippen LogP contribution in [0.25, 0.3) is 0 Å². The first-order valence-electron chi connectivity index (χ1n) is 4.91. The smallest absolute Gasteiger partial charge is 0.177 e. The minimum Gasteiger partial charge on any atom is -0.372 e. The zero-order chi connectivity index (χ0) is 13.2. The molecule has 0 heterocycles. The number of benzene rings is 1. The second-order valence-corrected chi connectivity index (χ2v) is 5.85. The highest BCUT2D eigenvalue weighted by Crippen LogP contribution is 2.22. The van der Waals surface area contributed by atoms with Gasteiger partial charge in [0.15, 0.2) is 9.84 Å². The van der Waals surface area contributed by atoms with E-state index in [0.29, 0.717) is 0 Å². The van der Waals surface area contributed by atoms with Crippen molar-refractivity contribution in [3.8, 4) is 0 Å². The molecule has 2 atom stereocenters. The lowest BCUT2D eigenvalue weighted by Gasteiger charge is -2.19. The van der Waals surface area contributed by atoms with Crippen LogP contribution in [0.3, 0.4) is 0 Å². The van der Waals surface area contributed by atoms with Crippen molar-refractivity contribution >= 4 is 15.5 Å². The summed E-state index contributed by atoms with van der Waals surface area (Å²) in [6.07, 6.45) is -0.147. The highest BCUT2D eigenvalue weighted by molar-refractivity contribution is 7.90. The third-order valence-corrected chi connectivity index (χ3v) is 3.28. The molecule has 1 aromatic carbocycles. The van der Waals surface area contributed by atoms with Crippen LogP contribution in [0.1, 0.15) is 6.92 Å². The van der Waals surface area contributed by atoms with E-state index in [9.17, 15) is 17.9 Å². The van der Waals surface area contributed by atoms with Crippen molar-refractivity contribution in [2.45, 2.75) is 24.1 Å². The topological polar surface area (TPSA) is 92.4 Å². The van der Waals surface area contributed by atoms with Crippen molar-refractivity contribution in [1.29, 1.82) is 0 Å². The summed E-state index contributed by atoms with van der Waals surface area (Å²) < 4.78 is 35.9. The number of halogens is 1. The zero-order valence-electron chi connectivity index (χ0n) is 9.51. The van der Waals surface area contributed by atoms with E-state index in [0.717, 1.165) is 18.4 Å². The van der Waals surface area contributed by atoms with Gasteiger partial charge >= 0.3 is 0 Å². The molecule has 0 amide bonds. The Hall–Kier alpha value is -1.18. The Morgan fingerprint density at radius 2 is 2.06 bits per heavy atom. The van der Waals surface area contributed by atoms with Crippen molar-refractivity contribution < 1.29 is 17.9 Å². The first-order chi connectivity index (χ1) is 7.71. The van der Waals surface area contributed by atoms with Crippen LogP contribution in [-0.2, 0) is 9.84 Å². The van der Waals surface area contributed by atoms with Gasteiger partial charge in [-0.15, -0.1) is 0 Å². The van der Waals surface area contributed by atoms with E-state index in [1.54, 1.807) is 6.92 Å². The Balaban J connectivity index is 3.16. The van der Waals surface area contributed by atoms with Crippen LogP contribution >= 0.6 is 0 Å². The molecule has 0 aliphatic carbocycles. The summed E-state index contributed by atoms with van der Waals surface area (Å²) in [4.78, 5) is -0.211. The Morgan fingerprint density at radius 3 is 2.53 bits per heavy atom. The predicted molar refractivity (Wildman–Crippen MR) is 62.8 cm³/mol. The third kappa shape index (κ3) is 3.65. The number of nitrogens with one attached hydrogen (secondary N) is 1. The number of rotatable bonds is 4. The van der Waals surface area contributed by atoms with Crippen LogP contribution in [0.5, 0.6) is 0 Å². The number of sulfone groups is 1. The molecule has 7 heteroatoms. The van der Waals surface area contributed by atoms with Gasteiger partial charge in [0.25, 0.3) is 0 Å². The average Bonchev–Trinajstić information content (AvgIpc) is 2.18. The maximum atomic E-state index is 13.0. The average molecular weight is 262 g/mol. The summed E-state index contributed by atoms with van der Waals surface area (Å²) >= 11 is 0. The molecule has 0 aliphatic rings. The lowest BCUT2D eigenvalue weighted by molar-refractivity contribution is 0.179. The minimum absolute atomic E-state index is 0.124. The third-order valence-electron chi connectivity index (χ3n) is 2.14. The van der Waals surface area contributed by atoms with E-state index in [4.69, 9.17) is 5.73 Å². The number of aliphatic hydroxyl groups is 1. The standard InChI is InChI=1S/C10H15FN2O3S/c1-6(12)10(14)13-8-4-3-7(11)5-9(8)17(2,15)16/h3-6,10,13-14H,12H2,1-2H3. The molecule has 2 unspecified atom stereocenters. The van der Waals surface area contributed by atoms with Gasteiger partial charge in [0, 0.05) is 12.3 Å². The number of anilines is 1. The highest BCUT2D eigenvalue weighted by Gasteiger charge is 2.17. The zero-order valence-corrected chi connectivity index (χ0v) is 10.3. The molecule has 0 radical (unpaired) electrons. The quantitative estimate of drug-likeness (QED) is 0.679. The maximum Gasteiger partial charge on any atom is 0.177 e. The van der Waals surface area contributed by atoms with Crippen LogP contribution in [0.15, 0.2) is 23.1 Å². The van der Waals surface area contributed by atoms with Crippen LogP contribution in [-0.4, -0.2) is 32.0 Å². The van der Waals surface area contributed by atoms with E-state index in [1.165, 1.54) is 6.07 Å². The molecule has 0 saturated heterocycles. The highest BCUT2D eigenvalue weighted by atomic mass is 32.2. The fourth-order valence-corrected chi connectivity index (χ4v) is 2.07. The first kappa shape index (κ1) is 13.9.